The zero-order valence-corrected chi connectivity index (χ0v) is 12.5. The van der Waals surface area contributed by atoms with Gasteiger partial charge in [-0.3, -0.25) is 0 Å². The predicted molar refractivity (Wildman–Crippen MR) is 81.7 cm³/mol. The van der Waals surface area contributed by atoms with Gasteiger partial charge in [-0.1, -0.05) is 24.3 Å². The van der Waals surface area contributed by atoms with Crippen molar-refractivity contribution >= 4 is 0 Å². The van der Waals surface area contributed by atoms with E-state index < -0.39 is 0 Å². The van der Waals surface area contributed by atoms with Crippen molar-refractivity contribution in [2.24, 2.45) is 5.41 Å². The third-order valence-corrected chi connectivity index (χ3v) is 4.87. The van der Waals surface area contributed by atoms with Crippen LogP contribution in [0.2, 0.25) is 0 Å². The molecule has 3 nitrogen and oxygen atoms in total. The summed E-state index contributed by atoms with van der Waals surface area (Å²) in [5.41, 5.74) is 3.45. The van der Waals surface area contributed by atoms with Crippen LogP contribution in [0.4, 0.5) is 0 Å². The molecule has 1 aliphatic carbocycles. The number of rotatable bonds is 6. The summed E-state index contributed by atoms with van der Waals surface area (Å²) in [7, 11) is 1.80. The molecule has 20 heavy (non-hydrogen) atoms. The van der Waals surface area contributed by atoms with Gasteiger partial charge in [0.2, 0.25) is 0 Å². The van der Waals surface area contributed by atoms with E-state index in [4.69, 9.17) is 4.74 Å². The molecule has 0 aromatic heterocycles. The average Bonchev–Trinajstić information content (AvgIpc) is 3.27. The Kier molecular flexibility index (Phi) is 4.39. The molecule has 1 unspecified atom stereocenters. The molecule has 3 heteroatoms. The molecule has 1 aromatic rings. The van der Waals surface area contributed by atoms with Crippen LogP contribution in [0.3, 0.4) is 0 Å². The van der Waals surface area contributed by atoms with E-state index in [9.17, 15) is 0 Å². The second-order valence-corrected chi connectivity index (χ2v) is 6.34. The molecule has 0 amide bonds. The van der Waals surface area contributed by atoms with Crippen molar-refractivity contribution < 1.29 is 4.74 Å². The van der Waals surface area contributed by atoms with E-state index in [1.54, 1.807) is 7.11 Å². The van der Waals surface area contributed by atoms with Gasteiger partial charge in [0.05, 0.1) is 0 Å². The van der Waals surface area contributed by atoms with Gasteiger partial charge >= 0.3 is 0 Å². The summed E-state index contributed by atoms with van der Waals surface area (Å²) >= 11 is 0. The number of ether oxygens (including phenoxy) is 1. The van der Waals surface area contributed by atoms with Crippen molar-refractivity contribution in [3.8, 4) is 0 Å². The van der Waals surface area contributed by atoms with E-state index in [1.807, 2.05) is 0 Å². The van der Waals surface area contributed by atoms with Crippen molar-refractivity contribution in [2.75, 3.05) is 26.8 Å². The maximum Gasteiger partial charge on any atom is 0.0468 e. The van der Waals surface area contributed by atoms with Gasteiger partial charge in [-0.05, 0) is 48.8 Å². The quantitative estimate of drug-likeness (QED) is 0.836. The van der Waals surface area contributed by atoms with Crippen molar-refractivity contribution in [3.05, 3.63) is 35.4 Å². The van der Waals surface area contributed by atoms with Gasteiger partial charge in [0.1, 0.15) is 0 Å². The molecule has 0 saturated heterocycles. The van der Waals surface area contributed by atoms with Crippen LogP contribution in [0.5, 0.6) is 0 Å². The molecule has 0 bridgehead atoms. The highest BCUT2D eigenvalue weighted by Gasteiger charge is 2.42. The third kappa shape index (κ3) is 3.22. The molecule has 3 rings (SSSR count). The lowest BCUT2D eigenvalue weighted by atomic mass is 9.97. The largest absolute Gasteiger partial charge is 0.385 e. The zero-order chi connectivity index (χ0) is 13.8. The summed E-state index contributed by atoms with van der Waals surface area (Å²) in [6.45, 7) is 4.13. The van der Waals surface area contributed by atoms with Crippen LogP contribution in [0.25, 0.3) is 0 Å². The van der Waals surface area contributed by atoms with E-state index >= 15 is 0 Å². The Morgan fingerprint density at radius 3 is 3.00 bits per heavy atom. The van der Waals surface area contributed by atoms with E-state index in [-0.39, 0.29) is 0 Å². The first-order chi connectivity index (χ1) is 9.83. The van der Waals surface area contributed by atoms with E-state index in [0.29, 0.717) is 11.5 Å². The average molecular weight is 274 g/mol. The Balaban J connectivity index is 1.62. The Hall–Kier alpha value is -0.900. The number of benzene rings is 1. The molecule has 1 atom stereocenters. The van der Waals surface area contributed by atoms with Crippen LogP contribution in [0.15, 0.2) is 24.3 Å². The van der Waals surface area contributed by atoms with Gasteiger partial charge in [0.15, 0.2) is 0 Å². The Bertz CT molecular complexity index is 442. The molecule has 1 aliphatic heterocycles. The Labute approximate surface area is 122 Å². The number of hydrogen-bond donors (Lipinski definition) is 2. The van der Waals surface area contributed by atoms with Crippen LogP contribution >= 0.6 is 0 Å². The second-order valence-electron chi connectivity index (χ2n) is 6.34. The minimum absolute atomic E-state index is 0.501. The molecular weight excluding hydrogens is 248 g/mol. The fraction of sp³-hybridized carbons (Fsp3) is 0.647. The van der Waals surface area contributed by atoms with E-state index in [2.05, 4.69) is 34.9 Å². The molecule has 0 radical (unpaired) electrons. The first-order valence-corrected chi connectivity index (χ1v) is 7.84. The highest BCUT2D eigenvalue weighted by molar-refractivity contribution is 5.31. The van der Waals surface area contributed by atoms with Gasteiger partial charge in [0, 0.05) is 32.8 Å². The molecule has 0 spiro atoms. The van der Waals surface area contributed by atoms with Crippen LogP contribution < -0.4 is 10.6 Å². The molecule has 1 aromatic carbocycles. The number of methoxy groups -OCH3 is 1. The van der Waals surface area contributed by atoms with Gasteiger partial charge in [-0.2, -0.15) is 0 Å². The number of nitrogens with one attached hydrogen (secondary N) is 2. The molecule has 1 fully saturated rings. The van der Waals surface area contributed by atoms with Crippen molar-refractivity contribution in [1.29, 1.82) is 0 Å². The monoisotopic (exact) mass is 274 g/mol. The lowest BCUT2D eigenvalue weighted by Gasteiger charge is -2.23. The summed E-state index contributed by atoms with van der Waals surface area (Å²) in [6.07, 6.45) is 5.09. The number of fused-ring (bicyclic) bond motifs is 1. The fourth-order valence-corrected chi connectivity index (χ4v) is 3.22. The van der Waals surface area contributed by atoms with Gasteiger partial charge < -0.3 is 15.4 Å². The van der Waals surface area contributed by atoms with Crippen molar-refractivity contribution in [2.45, 2.75) is 38.3 Å². The van der Waals surface area contributed by atoms with Gasteiger partial charge in [0.25, 0.3) is 0 Å². The summed E-state index contributed by atoms with van der Waals surface area (Å²) in [6, 6.07) is 9.34. The molecule has 1 saturated carbocycles. The molecule has 110 valence electrons. The smallest absolute Gasteiger partial charge is 0.0468 e. The first-order valence-electron chi connectivity index (χ1n) is 7.84. The maximum absolute atomic E-state index is 5.25. The zero-order valence-electron chi connectivity index (χ0n) is 12.5. The molecule has 1 heterocycles. The summed E-state index contributed by atoms with van der Waals surface area (Å²) in [4.78, 5) is 0. The van der Waals surface area contributed by atoms with Crippen LogP contribution in [0.1, 0.15) is 42.9 Å². The Morgan fingerprint density at radius 2 is 2.20 bits per heavy atom. The highest BCUT2D eigenvalue weighted by atomic mass is 16.5. The number of hydrogen-bond acceptors (Lipinski definition) is 3. The summed E-state index contributed by atoms with van der Waals surface area (Å²) in [5, 5.41) is 7.35. The predicted octanol–water partition coefficient (Wildman–Crippen LogP) is 2.63. The summed E-state index contributed by atoms with van der Waals surface area (Å²) < 4.78 is 5.25. The lowest BCUT2D eigenvalue weighted by molar-refractivity contribution is 0.170. The topological polar surface area (TPSA) is 33.3 Å². The fourth-order valence-electron chi connectivity index (χ4n) is 3.22. The van der Waals surface area contributed by atoms with Crippen molar-refractivity contribution in [3.63, 3.8) is 0 Å². The molecule has 2 N–H and O–H groups in total. The third-order valence-electron chi connectivity index (χ3n) is 4.87. The first kappa shape index (κ1) is 14.1. The van der Waals surface area contributed by atoms with Crippen LogP contribution in [-0.4, -0.2) is 26.8 Å². The molecule has 2 aliphatic rings. The van der Waals surface area contributed by atoms with Crippen LogP contribution in [-0.2, 0) is 11.3 Å². The maximum atomic E-state index is 5.25. The minimum atomic E-state index is 0.501. The van der Waals surface area contributed by atoms with E-state index in [1.165, 1.54) is 36.8 Å². The van der Waals surface area contributed by atoms with Crippen molar-refractivity contribution in [1.82, 2.24) is 10.6 Å². The normalized spacial score (nSPS) is 23.9. The second kappa shape index (κ2) is 6.25. The lowest BCUT2D eigenvalue weighted by Crippen LogP contribution is -2.30. The van der Waals surface area contributed by atoms with Gasteiger partial charge in [-0.15, -0.1) is 0 Å². The minimum Gasteiger partial charge on any atom is -0.385 e. The van der Waals surface area contributed by atoms with E-state index in [0.717, 1.165) is 26.2 Å². The van der Waals surface area contributed by atoms with Crippen LogP contribution in [0, 0.1) is 5.41 Å². The SMILES string of the molecule is COCCC1(CNC2CCNCc3ccccc32)CC1. The summed E-state index contributed by atoms with van der Waals surface area (Å²) in [5.74, 6) is 0. The highest BCUT2D eigenvalue weighted by Crippen LogP contribution is 2.48. The Morgan fingerprint density at radius 1 is 1.35 bits per heavy atom. The van der Waals surface area contributed by atoms with Gasteiger partial charge in [-0.25, -0.2) is 0 Å². The standard InChI is InChI=1S/C17H26N2O/c1-20-11-9-17(7-8-17)13-19-16-6-10-18-12-14-4-2-3-5-15(14)16/h2-5,16,18-19H,6-13H2,1H3. The molecular formula is C17H26N2O.